The summed E-state index contributed by atoms with van der Waals surface area (Å²) < 4.78 is 6.96. The highest BCUT2D eigenvalue weighted by molar-refractivity contribution is 7.98. The van der Waals surface area contributed by atoms with Gasteiger partial charge in [0.05, 0.1) is 12.4 Å². The molecule has 0 fully saturated rings. The molecule has 0 atom stereocenters. The van der Waals surface area contributed by atoms with Crippen LogP contribution in [-0.2, 0) is 23.6 Å². The Morgan fingerprint density at radius 2 is 2.29 bits per heavy atom. The Morgan fingerprint density at radius 3 is 3.10 bits per heavy atom. The first-order valence-corrected chi connectivity index (χ1v) is 8.10. The van der Waals surface area contributed by atoms with Crippen molar-refractivity contribution in [3.63, 3.8) is 0 Å². The molecule has 1 heterocycles. The first-order valence-electron chi connectivity index (χ1n) is 7.11. The van der Waals surface area contributed by atoms with Crippen LogP contribution in [-0.4, -0.2) is 35.0 Å². The lowest BCUT2D eigenvalue weighted by atomic mass is 10.2. The van der Waals surface area contributed by atoms with Crippen LogP contribution in [0.1, 0.15) is 18.3 Å². The normalized spacial score (nSPS) is 11.0. The number of aryl methyl sites for hydroxylation is 1. The van der Waals surface area contributed by atoms with Gasteiger partial charge in [-0.25, -0.2) is 9.67 Å². The van der Waals surface area contributed by atoms with Crippen LogP contribution in [0.3, 0.4) is 0 Å². The molecule has 0 saturated carbocycles. The molecule has 2 rings (SSSR count). The SMILES string of the molecule is CCn1ncnc1CSc1cccc(CNCCOC)c1. The van der Waals surface area contributed by atoms with Crippen LogP contribution in [0.4, 0.5) is 0 Å². The minimum atomic E-state index is 0.737. The second kappa shape index (κ2) is 8.81. The van der Waals surface area contributed by atoms with Crippen LogP contribution in [0, 0.1) is 0 Å². The summed E-state index contributed by atoms with van der Waals surface area (Å²) in [6.45, 7) is 5.41. The largest absolute Gasteiger partial charge is 0.383 e. The smallest absolute Gasteiger partial charge is 0.138 e. The number of benzene rings is 1. The molecule has 1 aromatic heterocycles. The number of nitrogens with one attached hydrogen (secondary N) is 1. The zero-order valence-electron chi connectivity index (χ0n) is 12.6. The van der Waals surface area contributed by atoms with E-state index >= 15 is 0 Å². The Labute approximate surface area is 130 Å². The first-order chi connectivity index (χ1) is 10.3. The molecule has 0 bridgehead atoms. The van der Waals surface area contributed by atoms with Gasteiger partial charge in [-0.15, -0.1) is 11.8 Å². The molecule has 0 saturated heterocycles. The molecule has 0 amide bonds. The van der Waals surface area contributed by atoms with E-state index in [1.165, 1.54) is 10.5 Å². The molecule has 0 aliphatic heterocycles. The van der Waals surface area contributed by atoms with Gasteiger partial charge in [0.25, 0.3) is 0 Å². The number of nitrogens with zero attached hydrogens (tertiary/aromatic N) is 3. The number of thioether (sulfide) groups is 1. The number of methoxy groups -OCH3 is 1. The van der Waals surface area contributed by atoms with Crippen molar-refractivity contribution in [2.45, 2.75) is 30.7 Å². The molecule has 0 unspecified atom stereocenters. The quantitative estimate of drug-likeness (QED) is 0.569. The third kappa shape index (κ3) is 5.15. The number of ether oxygens (including phenoxy) is 1. The maximum absolute atomic E-state index is 5.02. The van der Waals surface area contributed by atoms with Crippen molar-refractivity contribution in [2.75, 3.05) is 20.3 Å². The molecule has 0 spiro atoms. The van der Waals surface area contributed by atoms with E-state index in [1.807, 2.05) is 4.68 Å². The average molecular weight is 306 g/mol. The van der Waals surface area contributed by atoms with Gasteiger partial charge < -0.3 is 10.1 Å². The van der Waals surface area contributed by atoms with Gasteiger partial charge in [-0.05, 0) is 24.6 Å². The van der Waals surface area contributed by atoms with Gasteiger partial charge in [0.1, 0.15) is 12.2 Å². The summed E-state index contributed by atoms with van der Waals surface area (Å²) in [5.74, 6) is 1.86. The van der Waals surface area contributed by atoms with Gasteiger partial charge in [0.2, 0.25) is 0 Å². The van der Waals surface area contributed by atoms with E-state index in [4.69, 9.17) is 4.74 Å². The highest BCUT2D eigenvalue weighted by Gasteiger charge is 2.04. The van der Waals surface area contributed by atoms with Crippen molar-refractivity contribution in [2.24, 2.45) is 0 Å². The van der Waals surface area contributed by atoms with Crippen molar-refractivity contribution in [1.82, 2.24) is 20.1 Å². The van der Waals surface area contributed by atoms with E-state index in [-0.39, 0.29) is 0 Å². The third-order valence-corrected chi connectivity index (χ3v) is 4.06. The van der Waals surface area contributed by atoms with Crippen molar-refractivity contribution < 1.29 is 4.74 Å². The van der Waals surface area contributed by atoms with E-state index in [2.05, 4.69) is 46.6 Å². The minimum Gasteiger partial charge on any atom is -0.383 e. The highest BCUT2D eigenvalue weighted by atomic mass is 32.2. The lowest BCUT2D eigenvalue weighted by molar-refractivity contribution is 0.199. The Balaban J connectivity index is 1.86. The second-order valence-electron chi connectivity index (χ2n) is 4.60. The molecular formula is C15H22N4OS. The zero-order chi connectivity index (χ0) is 14.9. The summed E-state index contributed by atoms with van der Waals surface area (Å²) in [5.41, 5.74) is 1.29. The summed E-state index contributed by atoms with van der Waals surface area (Å²) in [7, 11) is 1.72. The molecule has 6 heteroatoms. The maximum Gasteiger partial charge on any atom is 0.138 e. The molecule has 1 N–H and O–H groups in total. The van der Waals surface area contributed by atoms with Gasteiger partial charge >= 0.3 is 0 Å². The first kappa shape index (κ1) is 16.0. The number of rotatable bonds is 9. The lowest BCUT2D eigenvalue weighted by Crippen LogP contribution is -2.18. The molecule has 0 radical (unpaired) electrons. The molecule has 0 aliphatic carbocycles. The van der Waals surface area contributed by atoms with Gasteiger partial charge in [-0.2, -0.15) is 5.10 Å². The fourth-order valence-corrected chi connectivity index (χ4v) is 2.89. The van der Waals surface area contributed by atoms with Crippen molar-refractivity contribution in [1.29, 1.82) is 0 Å². The maximum atomic E-state index is 5.02. The Hall–Kier alpha value is -1.37. The van der Waals surface area contributed by atoms with Crippen LogP contribution in [0.15, 0.2) is 35.5 Å². The number of hydrogen-bond acceptors (Lipinski definition) is 5. The standard InChI is InChI=1S/C15H22N4OS/c1-3-19-15(17-12-18-19)11-21-14-6-4-5-13(9-14)10-16-7-8-20-2/h4-6,9,12,16H,3,7-8,10-11H2,1-2H3. The van der Waals surface area contributed by atoms with Crippen LogP contribution < -0.4 is 5.32 Å². The van der Waals surface area contributed by atoms with E-state index in [0.717, 1.165) is 37.8 Å². The van der Waals surface area contributed by atoms with E-state index < -0.39 is 0 Å². The summed E-state index contributed by atoms with van der Waals surface area (Å²) in [5, 5.41) is 7.55. The number of hydrogen-bond donors (Lipinski definition) is 1. The van der Waals surface area contributed by atoms with Crippen LogP contribution in [0.5, 0.6) is 0 Å². The fourth-order valence-electron chi connectivity index (χ4n) is 1.96. The van der Waals surface area contributed by atoms with E-state index in [9.17, 15) is 0 Å². The predicted octanol–water partition coefficient (Wildman–Crippen LogP) is 2.33. The van der Waals surface area contributed by atoms with Crippen molar-refractivity contribution in [3.05, 3.63) is 42.0 Å². The lowest BCUT2D eigenvalue weighted by Gasteiger charge is -2.07. The Morgan fingerprint density at radius 1 is 1.38 bits per heavy atom. The van der Waals surface area contributed by atoms with Gasteiger partial charge in [-0.3, -0.25) is 0 Å². The molecule has 21 heavy (non-hydrogen) atoms. The molecule has 1 aromatic carbocycles. The molecular weight excluding hydrogens is 284 g/mol. The summed E-state index contributed by atoms with van der Waals surface area (Å²) in [4.78, 5) is 5.56. The second-order valence-corrected chi connectivity index (χ2v) is 5.65. The van der Waals surface area contributed by atoms with Crippen molar-refractivity contribution in [3.8, 4) is 0 Å². The highest BCUT2D eigenvalue weighted by Crippen LogP contribution is 2.22. The average Bonchev–Trinajstić information content (AvgIpc) is 2.97. The van der Waals surface area contributed by atoms with Crippen molar-refractivity contribution >= 4 is 11.8 Å². The van der Waals surface area contributed by atoms with Gasteiger partial charge in [0, 0.05) is 31.6 Å². The summed E-state index contributed by atoms with van der Waals surface area (Å²) >= 11 is 1.79. The third-order valence-electron chi connectivity index (χ3n) is 3.07. The molecule has 0 aliphatic rings. The monoisotopic (exact) mass is 306 g/mol. The summed E-state index contributed by atoms with van der Waals surface area (Å²) in [6.07, 6.45) is 1.62. The Bertz CT molecular complexity index is 544. The Kier molecular flexibility index (Phi) is 6.72. The molecule has 114 valence electrons. The van der Waals surface area contributed by atoms with Gasteiger partial charge in [-0.1, -0.05) is 12.1 Å². The summed E-state index contributed by atoms with van der Waals surface area (Å²) in [6, 6.07) is 8.59. The van der Waals surface area contributed by atoms with Crippen LogP contribution in [0.25, 0.3) is 0 Å². The zero-order valence-corrected chi connectivity index (χ0v) is 13.4. The van der Waals surface area contributed by atoms with Crippen LogP contribution in [0.2, 0.25) is 0 Å². The van der Waals surface area contributed by atoms with E-state index in [1.54, 1.807) is 25.2 Å². The topological polar surface area (TPSA) is 52.0 Å². The van der Waals surface area contributed by atoms with E-state index in [0.29, 0.717) is 0 Å². The predicted molar refractivity (Wildman–Crippen MR) is 85.3 cm³/mol. The minimum absolute atomic E-state index is 0.737. The van der Waals surface area contributed by atoms with Gasteiger partial charge in [0.15, 0.2) is 0 Å². The number of aromatic nitrogens is 3. The molecule has 2 aromatic rings. The fraction of sp³-hybridized carbons (Fsp3) is 0.467. The molecule has 5 nitrogen and oxygen atoms in total. The van der Waals surface area contributed by atoms with Crippen LogP contribution >= 0.6 is 11.8 Å².